The zero-order chi connectivity index (χ0) is 15.3. The zero-order valence-electron chi connectivity index (χ0n) is 11.6. The van der Waals surface area contributed by atoms with Crippen LogP contribution in [0.25, 0.3) is 0 Å². The lowest BCUT2D eigenvalue weighted by molar-refractivity contribution is 0.0730. The number of hydrogen-bond donors (Lipinski definition) is 2. The lowest BCUT2D eigenvalue weighted by Gasteiger charge is -2.26. The molecular weight excluding hydrogens is 282 g/mol. The number of methoxy groups -OCH3 is 1. The van der Waals surface area contributed by atoms with Gasteiger partial charge in [0.15, 0.2) is 5.84 Å². The molecule has 1 amide bonds. The predicted molar refractivity (Wildman–Crippen MR) is 77.6 cm³/mol. The molecule has 0 aliphatic carbocycles. The number of hydrogen-bond acceptors (Lipinski definition) is 4. The highest BCUT2D eigenvalue weighted by atomic mass is 35.5. The van der Waals surface area contributed by atoms with Crippen LogP contribution in [0.2, 0.25) is 5.02 Å². The molecule has 1 aromatic carbocycles. The Morgan fingerprint density at radius 3 is 2.70 bits per heavy atom. The Balaban J connectivity index is 3.12. The van der Waals surface area contributed by atoms with E-state index in [1.54, 1.807) is 18.2 Å². The van der Waals surface area contributed by atoms with E-state index in [9.17, 15) is 4.79 Å². The Labute approximate surface area is 122 Å². The summed E-state index contributed by atoms with van der Waals surface area (Å²) in [6, 6.07) is 4.64. The van der Waals surface area contributed by atoms with E-state index in [0.717, 1.165) is 0 Å². The molecule has 7 heteroatoms. The molecular formula is C13H18ClN3O3. The molecule has 0 saturated heterocycles. The van der Waals surface area contributed by atoms with Crippen molar-refractivity contribution < 1.29 is 14.7 Å². The van der Waals surface area contributed by atoms with E-state index in [1.165, 1.54) is 12.0 Å². The van der Waals surface area contributed by atoms with Crippen LogP contribution in [-0.2, 0) is 0 Å². The molecule has 0 radical (unpaired) electrons. The summed E-state index contributed by atoms with van der Waals surface area (Å²) >= 11 is 5.87. The van der Waals surface area contributed by atoms with Crippen LogP contribution >= 0.6 is 11.6 Å². The molecule has 0 bridgehead atoms. The molecule has 3 N–H and O–H groups in total. The lowest BCUT2D eigenvalue weighted by atomic mass is 10.1. The van der Waals surface area contributed by atoms with Crippen molar-refractivity contribution in [3.05, 3.63) is 28.8 Å². The van der Waals surface area contributed by atoms with Crippen molar-refractivity contribution in [3.63, 3.8) is 0 Å². The smallest absolute Gasteiger partial charge is 0.258 e. The number of nitrogens with two attached hydrogens (primary N) is 1. The normalized spacial score (nSPS) is 11.6. The first-order valence-electron chi connectivity index (χ1n) is 6.01. The number of amides is 1. The van der Waals surface area contributed by atoms with E-state index in [0.29, 0.717) is 16.3 Å². The van der Waals surface area contributed by atoms with Gasteiger partial charge in [0.25, 0.3) is 5.91 Å². The first-order chi connectivity index (χ1) is 9.40. The summed E-state index contributed by atoms with van der Waals surface area (Å²) in [4.78, 5) is 14.0. The minimum absolute atomic E-state index is 0.0266. The summed E-state index contributed by atoms with van der Waals surface area (Å²) in [5.74, 6) is 0.0627. The topological polar surface area (TPSA) is 88.2 Å². The van der Waals surface area contributed by atoms with Gasteiger partial charge in [0, 0.05) is 11.1 Å². The van der Waals surface area contributed by atoms with Gasteiger partial charge < -0.3 is 20.6 Å². The third-order valence-electron chi connectivity index (χ3n) is 2.74. The van der Waals surface area contributed by atoms with Crippen LogP contribution in [0, 0.1) is 0 Å². The third-order valence-corrected chi connectivity index (χ3v) is 2.97. The SMILES string of the molecule is COc1cc(Cl)ccc1C(=O)N(CC(N)=NO)C(C)C. The van der Waals surface area contributed by atoms with Crippen LogP contribution in [-0.4, -0.2) is 41.5 Å². The summed E-state index contributed by atoms with van der Waals surface area (Å²) in [6.45, 7) is 3.70. The maximum absolute atomic E-state index is 12.5. The number of benzene rings is 1. The van der Waals surface area contributed by atoms with Crippen molar-refractivity contribution in [2.45, 2.75) is 19.9 Å². The van der Waals surface area contributed by atoms with Crippen molar-refractivity contribution in [1.29, 1.82) is 0 Å². The number of halogens is 1. The van der Waals surface area contributed by atoms with Gasteiger partial charge in [-0.3, -0.25) is 4.79 Å². The Kier molecular flexibility index (Phi) is 5.64. The Bertz CT molecular complexity index is 518. The summed E-state index contributed by atoms with van der Waals surface area (Å²) < 4.78 is 5.17. The van der Waals surface area contributed by atoms with Crippen molar-refractivity contribution in [3.8, 4) is 5.75 Å². The van der Waals surface area contributed by atoms with Gasteiger partial charge in [0.2, 0.25) is 0 Å². The first kappa shape index (κ1) is 16.1. The second-order valence-corrected chi connectivity index (χ2v) is 4.90. The fourth-order valence-corrected chi connectivity index (χ4v) is 1.85. The molecule has 1 aromatic rings. The molecule has 20 heavy (non-hydrogen) atoms. The van der Waals surface area contributed by atoms with E-state index in [1.807, 2.05) is 13.8 Å². The molecule has 0 spiro atoms. The molecule has 1 rings (SSSR count). The van der Waals surface area contributed by atoms with Gasteiger partial charge in [-0.1, -0.05) is 16.8 Å². The Morgan fingerprint density at radius 2 is 2.20 bits per heavy atom. The van der Waals surface area contributed by atoms with Gasteiger partial charge in [-0.05, 0) is 32.0 Å². The predicted octanol–water partition coefficient (Wildman–Crippen LogP) is 1.95. The van der Waals surface area contributed by atoms with Gasteiger partial charge >= 0.3 is 0 Å². The molecule has 0 heterocycles. The van der Waals surface area contributed by atoms with Crippen LogP contribution in [0.4, 0.5) is 0 Å². The van der Waals surface area contributed by atoms with Crippen molar-refractivity contribution in [1.82, 2.24) is 4.90 Å². The molecule has 0 fully saturated rings. The molecule has 6 nitrogen and oxygen atoms in total. The van der Waals surface area contributed by atoms with Crippen LogP contribution in [0.3, 0.4) is 0 Å². The van der Waals surface area contributed by atoms with Crippen LogP contribution < -0.4 is 10.5 Å². The molecule has 0 saturated carbocycles. The minimum Gasteiger partial charge on any atom is -0.496 e. The maximum Gasteiger partial charge on any atom is 0.258 e. The molecule has 0 aromatic heterocycles. The standard InChI is InChI=1S/C13H18ClN3O3/c1-8(2)17(7-12(15)16-19)13(18)10-5-4-9(14)6-11(10)20-3/h4-6,8,19H,7H2,1-3H3,(H2,15,16). The van der Waals surface area contributed by atoms with E-state index in [-0.39, 0.29) is 24.3 Å². The summed E-state index contributed by atoms with van der Waals surface area (Å²) in [5, 5.41) is 12.0. The van der Waals surface area contributed by atoms with Gasteiger partial charge in [-0.2, -0.15) is 0 Å². The van der Waals surface area contributed by atoms with E-state index in [4.69, 9.17) is 27.3 Å². The number of amidine groups is 1. The van der Waals surface area contributed by atoms with Gasteiger partial charge in [-0.25, -0.2) is 0 Å². The molecule has 110 valence electrons. The number of carbonyl (C=O) groups is 1. The average molecular weight is 300 g/mol. The highest BCUT2D eigenvalue weighted by Gasteiger charge is 2.23. The Hall–Kier alpha value is -1.95. The van der Waals surface area contributed by atoms with Crippen LogP contribution in [0.15, 0.2) is 23.4 Å². The van der Waals surface area contributed by atoms with E-state index in [2.05, 4.69) is 5.16 Å². The number of carbonyl (C=O) groups excluding carboxylic acids is 1. The lowest BCUT2D eigenvalue weighted by Crippen LogP contribution is -2.43. The molecule has 0 atom stereocenters. The second kappa shape index (κ2) is 7.00. The Morgan fingerprint density at radius 1 is 1.55 bits per heavy atom. The monoisotopic (exact) mass is 299 g/mol. The fraction of sp³-hybridized carbons (Fsp3) is 0.385. The number of rotatable bonds is 5. The van der Waals surface area contributed by atoms with Gasteiger partial charge in [0.1, 0.15) is 5.75 Å². The van der Waals surface area contributed by atoms with E-state index < -0.39 is 0 Å². The fourth-order valence-electron chi connectivity index (χ4n) is 1.69. The van der Waals surface area contributed by atoms with E-state index >= 15 is 0 Å². The minimum atomic E-state index is -0.278. The quantitative estimate of drug-likeness (QED) is 0.376. The molecule has 0 unspecified atom stereocenters. The maximum atomic E-state index is 12.5. The largest absolute Gasteiger partial charge is 0.496 e. The highest BCUT2D eigenvalue weighted by molar-refractivity contribution is 6.30. The molecule has 0 aliphatic rings. The zero-order valence-corrected chi connectivity index (χ0v) is 12.4. The van der Waals surface area contributed by atoms with Crippen molar-refractivity contribution in [2.75, 3.05) is 13.7 Å². The summed E-state index contributed by atoms with van der Waals surface area (Å²) in [7, 11) is 1.46. The third kappa shape index (κ3) is 3.77. The van der Waals surface area contributed by atoms with Crippen LogP contribution in [0.1, 0.15) is 24.2 Å². The average Bonchev–Trinajstić information content (AvgIpc) is 2.43. The number of oxime groups is 1. The van der Waals surface area contributed by atoms with Gasteiger partial charge in [-0.15, -0.1) is 0 Å². The van der Waals surface area contributed by atoms with Crippen molar-refractivity contribution >= 4 is 23.3 Å². The summed E-state index contributed by atoms with van der Waals surface area (Å²) in [6.07, 6.45) is 0. The summed E-state index contributed by atoms with van der Waals surface area (Å²) in [5.41, 5.74) is 5.85. The van der Waals surface area contributed by atoms with Gasteiger partial charge in [0.05, 0.1) is 19.2 Å². The highest BCUT2D eigenvalue weighted by Crippen LogP contribution is 2.25. The number of nitrogens with zero attached hydrogens (tertiary/aromatic N) is 2. The molecule has 0 aliphatic heterocycles. The first-order valence-corrected chi connectivity index (χ1v) is 6.39. The van der Waals surface area contributed by atoms with Crippen LogP contribution in [0.5, 0.6) is 5.75 Å². The number of ether oxygens (including phenoxy) is 1. The second-order valence-electron chi connectivity index (χ2n) is 4.46. The van der Waals surface area contributed by atoms with Crippen molar-refractivity contribution in [2.24, 2.45) is 10.9 Å².